The summed E-state index contributed by atoms with van der Waals surface area (Å²) in [6, 6.07) is 18.4. The molecule has 2 heterocycles. The Hall–Kier alpha value is -2.79. The van der Waals surface area contributed by atoms with Crippen LogP contribution in [0.5, 0.6) is 5.75 Å². The molecule has 5 nitrogen and oxygen atoms in total. The number of H-pyrrole nitrogens is 1. The average Bonchev–Trinajstić information content (AvgIpc) is 3.16. The van der Waals surface area contributed by atoms with Gasteiger partial charge in [-0.2, -0.15) is 0 Å². The molecule has 0 saturated carbocycles. The van der Waals surface area contributed by atoms with Gasteiger partial charge in [-0.1, -0.05) is 30.3 Å². The van der Waals surface area contributed by atoms with E-state index < -0.39 is 0 Å². The molecular weight excluding hydrogens is 350 g/mol. The van der Waals surface area contributed by atoms with Gasteiger partial charge in [0.05, 0.1) is 0 Å². The second kappa shape index (κ2) is 8.48. The molecule has 1 aliphatic rings. The van der Waals surface area contributed by atoms with Crippen LogP contribution in [0, 0.1) is 5.92 Å². The molecule has 146 valence electrons. The Bertz CT molecular complexity index is 927. The Balaban J connectivity index is 1.38. The Labute approximate surface area is 165 Å². The maximum atomic E-state index is 12.9. The van der Waals surface area contributed by atoms with Crippen molar-refractivity contribution in [2.45, 2.75) is 19.3 Å². The molecule has 3 aromatic rings. The molecular formula is C23H27N3O2. The molecule has 4 rings (SSSR count). The van der Waals surface area contributed by atoms with Gasteiger partial charge >= 0.3 is 0 Å². The summed E-state index contributed by atoms with van der Waals surface area (Å²) >= 11 is 0. The Morgan fingerprint density at radius 2 is 1.89 bits per heavy atom. The van der Waals surface area contributed by atoms with Crippen molar-refractivity contribution in [3.05, 3.63) is 65.9 Å². The molecule has 0 bridgehead atoms. The molecule has 5 heteroatoms. The van der Waals surface area contributed by atoms with Crippen LogP contribution in [0.1, 0.15) is 28.9 Å². The van der Waals surface area contributed by atoms with Crippen LogP contribution in [0.15, 0.2) is 54.6 Å². The number of ether oxygens (including phenoxy) is 1. The number of likely N-dealkylation sites (tertiary alicyclic amines) is 1. The molecule has 1 fully saturated rings. The number of piperidine rings is 1. The predicted octanol–water partition coefficient (Wildman–Crippen LogP) is 3.60. The molecule has 2 aromatic carbocycles. The number of carbonyl (C=O) groups is 1. The van der Waals surface area contributed by atoms with Gasteiger partial charge in [0.2, 0.25) is 0 Å². The van der Waals surface area contributed by atoms with Crippen LogP contribution in [0.2, 0.25) is 0 Å². The van der Waals surface area contributed by atoms with Gasteiger partial charge in [-0.3, -0.25) is 4.79 Å². The van der Waals surface area contributed by atoms with Crippen molar-refractivity contribution in [2.75, 3.05) is 26.2 Å². The molecule has 0 atom stereocenters. The number of benzene rings is 2. The Kier molecular flexibility index (Phi) is 5.63. The van der Waals surface area contributed by atoms with Gasteiger partial charge in [-0.25, -0.2) is 0 Å². The van der Waals surface area contributed by atoms with Crippen LogP contribution in [-0.2, 0) is 6.42 Å². The van der Waals surface area contributed by atoms with Crippen molar-refractivity contribution in [1.82, 2.24) is 9.88 Å². The molecule has 3 N–H and O–H groups in total. The highest BCUT2D eigenvalue weighted by Gasteiger charge is 2.24. The number of aromatic nitrogens is 1. The smallest absolute Gasteiger partial charge is 0.270 e. The molecule has 0 spiro atoms. The highest BCUT2D eigenvalue weighted by Crippen LogP contribution is 2.25. The van der Waals surface area contributed by atoms with Crippen LogP contribution < -0.4 is 10.5 Å². The fraction of sp³-hybridized carbons (Fsp3) is 0.348. The first-order chi connectivity index (χ1) is 13.7. The summed E-state index contributed by atoms with van der Waals surface area (Å²) in [6.07, 6.45) is 3.21. The zero-order chi connectivity index (χ0) is 19.3. The maximum Gasteiger partial charge on any atom is 0.270 e. The zero-order valence-electron chi connectivity index (χ0n) is 16.1. The second-order valence-corrected chi connectivity index (χ2v) is 7.49. The van der Waals surface area contributed by atoms with Gasteiger partial charge in [0.1, 0.15) is 18.1 Å². The van der Waals surface area contributed by atoms with E-state index in [1.54, 1.807) is 0 Å². The number of nitrogens with one attached hydrogen (secondary N) is 1. The quantitative estimate of drug-likeness (QED) is 0.689. The van der Waals surface area contributed by atoms with E-state index >= 15 is 0 Å². The molecule has 1 amide bonds. The fourth-order valence-electron chi connectivity index (χ4n) is 3.95. The summed E-state index contributed by atoms with van der Waals surface area (Å²) in [7, 11) is 0. The van der Waals surface area contributed by atoms with E-state index in [1.807, 2.05) is 29.2 Å². The number of rotatable bonds is 6. The van der Waals surface area contributed by atoms with Crippen LogP contribution in [0.25, 0.3) is 10.9 Å². The molecule has 0 unspecified atom stereocenters. The minimum absolute atomic E-state index is 0.0822. The average molecular weight is 377 g/mol. The number of carbonyl (C=O) groups excluding carboxylic acids is 1. The summed E-state index contributed by atoms with van der Waals surface area (Å²) in [6.45, 7) is 2.59. The van der Waals surface area contributed by atoms with Crippen molar-refractivity contribution in [1.29, 1.82) is 0 Å². The number of amides is 1. The molecule has 1 aromatic heterocycles. The lowest BCUT2D eigenvalue weighted by molar-refractivity contribution is 0.0685. The summed E-state index contributed by atoms with van der Waals surface area (Å²) in [5.41, 5.74) is 8.43. The fourth-order valence-corrected chi connectivity index (χ4v) is 3.95. The third-order valence-electron chi connectivity index (χ3n) is 5.48. The Morgan fingerprint density at radius 1 is 1.11 bits per heavy atom. The maximum absolute atomic E-state index is 12.9. The van der Waals surface area contributed by atoms with E-state index in [4.69, 9.17) is 10.5 Å². The lowest BCUT2D eigenvalue weighted by atomic mass is 9.90. The number of nitrogens with two attached hydrogens (primary N) is 1. The number of aromatic amines is 1. The van der Waals surface area contributed by atoms with Crippen LogP contribution in [0.4, 0.5) is 0 Å². The first kappa shape index (κ1) is 18.6. The molecule has 0 radical (unpaired) electrons. The topological polar surface area (TPSA) is 71.3 Å². The second-order valence-electron chi connectivity index (χ2n) is 7.49. The van der Waals surface area contributed by atoms with Gasteiger partial charge in [-0.05, 0) is 48.9 Å². The van der Waals surface area contributed by atoms with Crippen molar-refractivity contribution in [2.24, 2.45) is 11.7 Å². The zero-order valence-corrected chi connectivity index (χ0v) is 16.1. The Morgan fingerprint density at radius 3 is 2.64 bits per heavy atom. The van der Waals surface area contributed by atoms with E-state index in [0.29, 0.717) is 24.8 Å². The molecule has 0 aliphatic carbocycles. The first-order valence-corrected chi connectivity index (χ1v) is 10.0. The van der Waals surface area contributed by atoms with Gasteiger partial charge in [0.15, 0.2) is 0 Å². The van der Waals surface area contributed by atoms with Crippen molar-refractivity contribution < 1.29 is 9.53 Å². The van der Waals surface area contributed by atoms with Gasteiger partial charge in [-0.15, -0.1) is 0 Å². The number of nitrogens with zero attached hydrogens (tertiary/aromatic N) is 1. The first-order valence-electron chi connectivity index (χ1n) is 10.0. The monoisotopic (exact) mass is 377 g/mol. The van der Waals surface area contributed by atoms with Crippen LogP contribution >= 0.6 is 0 Å². The minimum atomic E-state index is 0.0822. The lowest BCUT2D eigenvalue weighted by Gasteiger charge is -2.31. The largest absolute Gasteiger partial charge is 0.492 e. The number of fused-ring (bicyclic) bond motifs is 1. The molecule has 28 heavy (non-hydrogen) atoms. The molecule has 1 aliphatic heterocycles. The minimum Gasteiger partial charge on any atom is -0.492 e. The lowest BCUT2D eigenvalue weighted by Crippen LogP contribution is -2.39. The van der Waals surface area contributed by atoms with Crippen LogP contribution in [-0.4, -0.2) is 42.0 Å². The third kappa shape index (κ3) is 4.20. The number of hydrogen-bond acceptors (Lipinski definition) is 3. The van der Waals surface area contributed by atoms with Crippen molar-refractivity contribution in [3.63, 3.8) is 0 Å². The summed E-state index contributed by atoms with van der Waals surface area (Å²) < 4.78 is 5.57. The van der Waals surface area contributed by atoms with Gasteiger partial charge < -0.3 is 20.4 Å². The number of hydrogen-bond donors (Lipinski definition) is 2. The summed E-state index contributed by atoms with van der Waals surface area (Å²) in [5.74, 6) is 1.50. The van der Waals surface area contributed by atoms with E-state index in [9.17, 15) is 4.79 Å². The van der Waals surface area contributed by atoms with Crippen molar-refractivity contribution >= 4 is 16.8 Å². The van der Waals surface area contributed by atoms with Gasteiger partial charge in [0, 0.05) is 36.6 Å². The SMILES string of the molecule is NCCOc1ccc2cc(C(=O)N3CCC(Cc4ccccc4)CC3)[nH]c2c1. The molecule has 1 saturated heterocycles. The van der Waals surface area contributed by atoms with Gasteiger partial charge in [0.25, 0.3) is 5.91 Å². The highest BCUT2D eigenvalue weighted by atomic mass is 16.5. The standard InChI is InChI=1S/C23H27N3O2/c24-10-13-28-20-7-6-19-15-22(25-21(19)16-20)23(27)26-11-8-18(9-12-26)14-17-4-2-1-3-5-17/h1-7,15-16,18,25H,8-14,24H2. The van der Waals surface area contributed by atoms with E-state index in [0.717, 1.165) is 49.0 Å². The summed E-state index contributed by atoms with van der Waals surface area (Å²) in [4.78, 5) is 18.2. The van der Waals surface area contributed by atoms with Crippen LogP contribution in [0.3, 0.4) is 0 Å². The predicted molar refractivity (Wildman–Crippen MR) is 112 cm³/mol. The third-order valence-corrected chi connectivity index (χ3v) is 5.48. The van der Waals surface area contributed by atoms with Crippen molar-refractivity contribution in [3.8, 4) is 5.75 Å². The normalized spacial score (nSPS) is 15.1. The highest BCUT2D eigenvalue weighted by molar-refractivity contribution is 5.98. The van der Waals surface area contributed by atoms with E-state index in [1.165, 1.54) is 5.56 Å². The van der Waals surface area contributed by atoms with E-state index in [2.05, 4.69) is 35.3 Å². The summed E-state index contributed by atoms with van der Waals surface area (Å²) in [5, 5.41) is 1.02. The van der Waals surface area contributed by atoms with E-state index in [-0.39, 0.29) is 5.91 Å².